The van der Waals surface area contributed by atoms with Gasteiger partial charge in [-0.25, -0.2) is 9.18 Å². The molecule has 1 heterocycles. The molecule has 7 heteroatoms. The normalized spacial score (nSPS) is 19.1. The number of urea groups is 1. The summed E-state index contributed by atoms with van der Waals surface area (Å²) in [4.78, 5) is 14.3. The van der Waals surface area contributed by atoms with E-state index in [0.717, 1.165) is 18.7 Å². The van der Waals surface area contributed by atoms with Crippen LogP contribution < -0.4 is 15.5 Å². The van der Waals surface area contributed by atoms with Crippen molar-refractivity contribution < 1.29 is 9.18 Å². The number of halogens is 2. The van der Waals surface area contributed by atoms with Gasteiger partial charge in [0.2, 0.25) is 0 Å². The second-order valence-corrected chi connectivity index (χ2v) is 6.62. The van der Waals surface area contributed by atoms with Crippen molar-refractivity contribution in [2.24, 2.45) is 0 Å². The summed E-state index contributed by atoms with van der Waals surface area (Å²) in [6.07, 6.45) is 0.787. The lowest BCUT2D eigenvalue weighted by molar-refractivity contribution is 0.248. The highest BCUT2D eigenvalue weighted by Gasteiger charge is 2.32. The van der Waals surface area contributed by atoms with Crippen LogP contribution in [0, 0.1) is 17.1 Å². The second-order valence-electron chi connectivity index (χ2n) is 6.21. The SMILES string of the molecule is C[C@H]1[C@@H](NC(=O)Nc2ccc(F)cc2)CCN1c1ccc(C#N)c(Cl)c1. The molecule has 0 saturated carbocycles. The van der Waals surface area contributed by atoms with E-state index in [4.69, 9.17) is 16.9 Å². The van der Waals surface area contributed by atoms with Crippen LogP contribution in [0.4, 0.5) is 20.6 Å². The number of rotatable bonds is 3. The van der Waals surface area contributed by atoms with Gasteiger partial charge in [0.15, 0.2) is 0 Å². The van der Waals surface area contributed by atoms with Crippen LogP contribution in [0.15, 0.2) is 42.5 Å². The molecule has 1 fully saturated rings. The predicted molar refractivity (Wildman–Crippen MR) is 99.9 cm³/mol. The lowest BCUT2D eigenvalue weighted by Gasteiger charge is -2.27. The van der Waals surface area contributed by atoms with Gasteiger partial charge in [0, 0.05) is 24.0 Å². The summed E-state index contributed by atoms with van der Waals surface area (Å²) >= 11 is 6.12. The summed E-state index contributed by atoms with van der Waals surface area (Å²) in [7, 11) is 0. The van der Waals surface area contributed by atoms with Crippen molar-refractivity contribution >= 4 is 29.0 Å². The summed E-state index contributed by atoms with van der Waals surface area (Å²) in [5.41, 5.74) is 1.89. The number of hydrogen-bond donors (Lipinski definition) is 2. The lowest BCUT2D eigenvalue weighted by Crippen LogP contribution is -2.45. The van der Waals surface area contributed by atoms with Crippen molar-refractivity contribution in [1.82, 2.24) is 5.32 Å². The van der Waals surface area contributed by atoms with Crippen LogP contribution in [-0.2, 0) is 0 Å². The fraction of sp³-hybridized carbons (Fsp3) is 0.263. The fourth-order valence-electron chi connectivity index (χ4n) is 3.14. The van der Waals surface area contributed by atoms with E-state index in [1.165, 1.54) is 24.3 Å². The van der Waals surface area contributed by atoms with Gasteiger partial charge in [0.1, 0.15) is 11.9 Å². The van der Waals surface area contributed by atoms with Crippen molar-refractivity contribution in [1.29, 1.82) is 5.26 Å². The van der Waals surface area contributed by atoms with Gasteiger partial charge in [0.25, 0.3) is 0 Å². The Balaban J connectivity index is 1.62. The maximum Gasteiger partial charge on any atom is 0.319 e. The molecule has 2 aromatic carbocycles. The van der Waals surface area contributed by atoms with Crippen molar-refractivity contribution in [3.63, 3.8) is 0 Å². The van der Waals surface area contributed by atoms with Gasteiger partial charge >= 0.3 is 6.03 Å². The van der Waals surface area contributed by atoms with Crippen LogP contribution in [0.1, 0.15) is 18.9 Å². The highest BCUT2D eigenvalue weighted by Crippen LogP contribution is 2.29. The van der Waals surface area contributed by atoms with E-state index in [0.29, 0.717) is 16.3 Å². The molecule has 2 amide bonds. The topological polar surface area (TPSA) is 68.2 Å². The number of anilines is 2. The van der Waals surface area contributed by atoms with E-state index < -0.39 is 0 Å². The molecule has 3 rings (SSSR count). The Kier molecular flexibility index (Phi) is 5.29. The molecule has 26 heavy (non-hydrogen) atoms. The lowest BCUT2D eigenvalue weighted by atomic mass is 10.1. The average molecular weight is 373 g/mol. The quantitative estimate of drug-likeness (QED) is 0.850. The van der Waals surface area contributed by atoms with Gasteiger partial charge < -0.3 is 15.5 Å². The predicted octanol–water partition coefficient (Wildman–Crippen LogP) is 4.14. The molecule has 1 saturated heterocycles. The van der Waals surface area contributed by atoms with E-state index in [-0.39, 0.29) is 23.9 Å². The fourth-order valence-corrected chi connectivity index (χ4v) is 3.36. The molecule has 0 radical (unpaired) electrons. The van der Waals surface area contributed by atoms with Crippen LogP contribution in [-0.4, -0.2) is 24.7 Å². The Hall–Kier alpha value is -2.78. The van der Waals surface area contributed by atoms with E-state index in [2.05, 4.69) is 15.5 Å². The van der Waals surface area contributed by atoms with Gasteiger partial charge in [-0.2, -0.15) is 5.26 Å². The minimum Gasteiger partial charge on any atom is -0.367 e. The van der Waals surface area contributed by atoms with Gasteiger partial charge in [-0.15, -0.1) is 0 Å². The molecular weight excluding hydrogens is 355 g/mol. The van der Waals surface area contributed by atoms with Crippen LogP contribution in [0.2, 0.25) is 5.02 Å². The number of amides is 2. The molecule has 2 N–H and O–H groups in total. The van der Waals surface area contributed by atoms with Gasteiger partial charge in [-0.05, 0) is 55.8 Å². The third kappa shape index (κ3) is 3.89. The summed E-state index contributed by atoms with van der Waals surface area (Å²) in [6.45, 7) is 2.80. The molecule has 1 aliphatic heterocycles. The minimum absolute atomic E-state index is 0.0372. The van der Waals surface area contributed by atoms with E-state index in [1.54, 1.807) is 12.1 Å². The molecule has 1 aliphatic rings. The molecule has 2 atom stereocenters. The first kappa shape index (κ1) is 18.0. The smallest absolute Gasteiger partial charge is 0.319 e. The number of carbonyl (C=O) groups is 1. The Morgan fingerprint density at radius 3 is 2.69 bits per heavy atom. The molecule has 0 unspecified atom stereocenters. The van der Waals surface area contributed by atoms with Crippen molar-refractivity contribution in [2.75, 3.05) is 16.8 Å². The Labute approximate surface area is 156 Å². The van der Waals surface area contributed by atoms with E-state index in [1.807, 2.05) is 19.1 Å². The third-order valence-electron chi connectivity index (χ3n) is 4.58. The minimum atomic E-state index is -0.350. The maximum atomic E-state index is 12.9. The average Bonchev–Trinajstić information content (AvgIpc) is 2.97. The van der Waals surface area contributed by atoms with E-state index >= 15 is 0 Å². The molecular formula is C19H18ClFN4O. The molecule has 0 aromatic heterocycles. The van der Waals surface area contributed by atoms with Crippen LogP contribution in [0.3, 0.4) is 0 Å². The number of benzene rings is 2. The number of nitriles is 1. The van der Waals surface area contributed by atoms with Crippen molar-refractivity contribution in [3.05, 3.63) is 58.9 Å². The number of nitrogens with zero attached hydrogens (tertiary/aromatic N) is 2. The van der Waals surface area contributed by atoms with E-state index in [9.17, 15) is 9.18 Å². The van der Waals surface area contributed by atoms with Crippen LogP contribution in [0.5, 0.6) is 0 Å². The molecule has 0 spiro atoms. The highest BCUT2D eigenvalue weighted by atomic mass is 35.5. The monoisotopic (exact) mass is 372 g/mol. The second kappa shape index (κ2) is 7.63. The van der Waals surface area contributed by atoms with Gasteiger partial charge in [0.05, 0.1) is 16.6 Å². The Morgan fingerprint density at radius 1 is 1.31 bits per heavy atom. The molecule has 2 aromatic rings. The maximum absolute atomic E-state index is 12.9. The Bertz CT molecular complexity index is 850. The third-order valence-corrected chi connectivity index (χ3v) is 4.89. The first-order valence-corrected chi connectivity index (χ1v) is 8.65. The molecule has 5 nitrogen and oxygen atoms in total. The zero-order chi connectivity index (χ0) is 18.7. The van der Waals surface area contributed by atoms with Crippen molar-refractivity contribution in [3.8, 4) is 6.07 Å². The molecule has 134 valence electrons. The highest BCUT2D eigenvalue weighted by molar-refractivity contribution is 6.32. The summed E-state index contributed by atoms with van der Waals surface area (Å²) in [6, 6.07) is 12.7. The van der Waals surface area contributed by atoms with Crippen molar-refractivity contribution in [2.45, 2.75) is 25.4 Å². The number of nitrogens with one attached hydrogen (secondary N) is 2. The first-order valence-electron chi connectivity index (χ1n) is 8.27. The Morgan fingerprint density at radius 2 is 2.04 bits per heavy atom. The largest absolute Gasteiger partial charge is 0.367 e. The molecule has 0 bridgehead atoms. The zero-order valence-corrected chi connectivity index (χ0v) is 14.9. The molecule has 0 aliphatic carbocycles. The van der Waals surface area contributed by atoms with Gasteiger partial charge in [-0.3, -0.25) is 0 Å². The van der Waals surface area contributed by atoms with Gasteiger partial charge in [-0.1, -0.05) is 11.6 Å². The number of carbonyl (C=O) groups excluding carboxylic acids is 1. The standard InChI is InChI=1S/C19H18ClFN4O/c1-12-18(24-19(26)23-15-5-3-14(21)4-6-15)8-9-25(12)16-7-2-13(11-22)17(20)10-16/h2-7,10,12,18H,8-9H2,1H3,(H2,23,24,26)/t12-,18-/m0/s1. The zero-order valence-electron chi connectivity index (χ0n) is 14.2. The van der Waals surface area contributed by atoms with Crippen LogP contribution >= 0.6 is 11.6 Å². The first-order chi connectivity index (χ1) is 12.5. The summed E-state index contributed by atoms with van der Waals surface area (Å²) < 4.78 is 12.9. The number of hydrogen-bond acceptors (Lipinski definition) is 3. The summed E-state index contributed by atoms with van der Waals surface area (Å²) in [5, 5.41) is 15.1. The summed E-state index contributed by atoms with van der Waals surface area (Å²) in [5.74, 6) is -0.350. The van der Waals surface area contributed by atoms with Crippen LogP contribution in [0.25, 0.3) is 0 Å².